The van der Waals surface area contributed by atoms with Crippen molar-refractivity contribution < 1.29 is 14.3 Å². The SMILES string of the molecule is COC(CN)CC(=O)NCc1ccccc1OCC(C)C. The van der Waals surface area contributed by atoms with E-state index in [9.17, 15) is 4.79 Å². The first-order valence-corrected chi connectivity index (χ1v) is 7.27. The Morgan fingerprint density at radius 2 is 2.05 bits per heavy atom. The summed E-state index contributed by atoms with van der Waals surface area (Å²) in [6.07, 6.45) is 0.0274. The fraction of sp³-hybridized carbons (Fsp3) is 0.562. The van der Waals surface area contributed by atoms with Crippen LogP contribution in [0.3, 0.4) is 0 Å². The molecule has 0 saturated heterocycles. The lowest BCUT2D eigenvalue weighted by molar-refractivity contribution is -0.123. The molecule has 1 rings (SSSR count). The minimum Gasteiger partial charge on any atom is -0.493 e. The molecule has 0 bridgehead atoms. The maximum absolute atomic E-state index is 11.8. The predicted octanol–water partition coefficient (Wildman–Crippen LogP) is 1.70. The first-order chi connectivity index (χ1) is 10.1. The maximum Gasteiger partial charge on any atom is 0.222 e. The molecule has 0 fully saturated rings. The third-order valence-corrected chi connectivity index (χ3v) is 3.03. The molecule has 1 amide bonds. The fourth-order valence-electron chi connectivity index (χ4n) is 1.78. The van der Waals surface area contributed by atoms with Crippen LogP contribution in [0.15, 0.2) is 24.3 Å². The second kappa shape index (κ2) is 9.37. The molecule has 118 valence electrons. The predicted molar refractivity (Wildman–Crippen MR) is 83.1 cm³/mol. The molecule has 1 aromatic rings. The molecule has 5 heteroatoms. The van der Waals surface area contributed by atoms with Gasteiger partial charge in [-0.3, -0.25) is 4.79 Å². The summed E-state index contributed by atoms with van der Waals surface area (Å²) in [6.45, 7) is 5.63. The highest BCUT2D eigenvalue weighted by atomic mass is 16.5. The van der Waals surface area contributed by atoms with Gasteiger partial charge in [0.25, 0.3) is 0 Å². The van der Waals surface area contributed by atoms with E-state index < -0.39 is 0 Å². The van der Waals surface area contributed by atoms with Gasteiger partial charge >= 0.3 is 0 Å². The van der Waals surface area contributed by atoms with Crippen LogP contribution in [0, 0.1) is 5.92 Å². The number of rotatable bonds is 9. The van der Waals surface area contributed by atoms with E-state index in [0.717, 1.165) is 11.3 Å². The first-order valence-electron chi connectivity index (χ1n) is 7.27. The van der Waals surface area contributed by atoms with Gasteiger partial charge < -0.3 is 20.5 Å². The zero-order valence-corrected chi connectivity index (χ0v) is 13.1. The topological polar surface area (TPSA) is 73.6 Å². The fourth-order valence-corrected chi connectivity index (χ4v) is 1.78. The number of ether oxygens (including phenoxy) is 2. The zero-order chi connectivity index (χ0) is 15.7. The first kappa shape index (κ1) is 17.5. The zero-order valence-electron chi connectivity index (χ0n) is 13.1. The Bertz CT molecular complexity index is 431. The van der Waals surface area contributed by atoms with E-state index in [1.165, 1.54) is 0 Å². The Morgan fingerprint density at radius 1 is 1.33 bits per heavy atom. The number of nitrogens with two attached hydrogens (primary N) is 1. The average molecular weight is 294 g/mol. The minimum atomic E-state index is -0.238. The number of hydrogen-bond acceptors (Lipinski definition) is 4. The minimum absolute atomic E-state index is 0.0778. The van der Waals surface area contributed by atoms with Crippen molar-refractivity contribution in [3.63, 3.8) is 0 Å². The van der Waals surface area contributed by atoms with Crippen LogP contribution in [0.5, 0.6) is 5.75 Å². The summed E-state index contributed by atoms with van der Waals surface area (Å²) in [4.78, 5) is 11.8. The third-order valence-electron chi connectivity index (χ3n) is 3.03. The molecule has 0 heterocycles. The standard InChI is InChI=1S/C16H26N2O3/c1-12(2)11-21-15-7-5-4-6-13(15)10-18-16(19)8-14(9-17)20-3/h4-7,12,14H,8-11,17H2,1-3H3,(H,18,19). The van der Waals surface area contributed by atoms with Gasteiger partial charge in [0.05, 0.1) is 19.1 Å². The van der Waals surface area contributed by atoms with Crippen molar-refractivity contribution in [2.75, 3.05) is 20.3 Å². The van der Waals surface area contributed by atoms with Crippen molar-refractivity contribution in [1.29, 1.82) is 0 Å². The number of amides is 1. The number of carbonyl (C=O) groups is 1. The Hall–Kier alpha value is -1.59. The molecule has 1 atom stereocenters. The molecule has 1 unspecified atom stereocenters. The smallest absolute Gasteiger partial charge is 0.222 e. The summed E-state index contributed by atoms with van der Waals surface area (Å²) in [5, 5.41) is 2.87. The molecule has 0 aliphatic rings. The Balaban J connectivity index is 2.52. The van der Waals surface area contributed by atoms with Crippen LogP contribution in [-0.4, -0.2) is 32.3 Å². The lowest BCUT2D eigenvalue weighted by atomic mass is 10.2. The molecule has 0 aliphatic heterocycles. The number of nitrogens with one attached hydrogen (secondary N) is 1. The molecule has 0 saturated carbocycles. The normalized spacial score (nSPS) is 12.2. The van der Waals surface area contributed by atoms with Gasteiger partial charge in [-0.2, -0.15) is 0 Å². The Morgan fingerprint density at radius 3 is 2.67 bits per heavy atom. The molecular weight excluding hydrogens is 268 g/mol. The highest BCUT2D eigenvalue weighted by Gasteiger charge is 2.12. The van der Waals surface area contributed by atoms with Crippen LogP contribution in [0.2, 0.25) is 0 Å². The molecule has 5 nitrogen and oxygen atoms in total. The van der Waals surface area contributed by atoms with E-state index in [4.69, 9.17) is 15.2 Å². The summed E-state index contributed by atoms with van der Waals surface area (Å²) in [6, 6.07) is 7.73. The van der Waals surface area contributed by atoms with Crippen molar-refractivity contribution in [3.05, 3.63) is 29.8 Å². The maximum atomic E-state index is 11.8. The molecule has 0 spiro atoms. The molecule has 0 aromatic heterocycles. The molecule has 0 aliphatic carbocycles. The van der Waals surface area contributed by atoms with Crippen molar-refractivity contribution in [2.24, 2.45) is 11.7 Å². The van der Waals surface area contributed by atoms with Gasteiger partial charge in [0.15, 0.2) is 0 Å². The van der Waals surface area contributed by atoms with Crippen molar-refractivity contribution >= 4 is 5.91 Å². The van der Waals surface area contributed by atoms with Crippen LogP contribution >= 0.6 is 0 Å². The van der Waals surface area contributed by atoms with Gasteiger partial charge in [0.2, 0.25) is 5.91 Å². The second-order valence-electron chi connectivity index (χ2n) is 5.39. The number of para-hydroxylation sites is 1. The number of carbonyl (C=O) groups excluding carboxylic acids is 1. The van der Waals surface area contributed by atoms with Gasteiger partial charge in [-0.1, -0.05) is 32.0 Å². The molecule has 21 heavy (non-hydrogen) atoms. The second-order valence-corrected chi connectivity index (χ2v) is 5.39. The molecule has 1 aromatic carbocycles. The highest BCUT2D eigenvalue weighted by Crippen LogP contribution is 2.18. The third kappa shape index (κ3) is 6.60. The van der Waals surface area contributed by atoms with E-state index in [0.29, 0.717) is 25.6 Å². The van der Waals surface area contributed by atoms with E-state index in [1.54, 1.807) is 7.11 Å². The van der Waals surface area contributed by atoms with Gasteiger partial charge in [0, 0.05) is 25.8 Å². The number of benzene rings is 1. The summed E-state index contributed by atoms with van der Waals surface area (Å²) >= 11 is 0. The van der Waals surface area contributed by atoms with E-state index in [2.05, 4.69) is 19.2 Å². The molecule has 0 radical (unpaired) electrons. The summed E-state index contributed by atoms with van der Waals surface area (Å²) in [7, 11) is 1.56. The van der Waals surface area contributed by atoms with Crippen molar-refractivity contribution in [2.45, 2.75) is 32.9 Å². The monoisotopic (exact) mass is 294 g/mol. The van der Waals surface area contributed by atoms with Crippen LogP contribution in [0.25, 0.3) is 0 Å². The number of hydrogen-bond donors (Lipinski definition) is 2. The van der Waals surface area contributed by atoms with E-state index in [-0.39, 0.29) is 18.4 Å². The van der Waals surface area contributed by atoms with Crippen molar-refractivity contribution in [3.8, 4) is 5.75 Å². The van der Waals surface area contributed by atoms with Gasteiger partial charge in [-0.15, -0.1) is 0 Å². The van der Waals surface area contributed by atoms with E-state index in [1.807, 2.05) is 24.3 Å². The molecular formula is C16H26N2O3. The van der Waals surface area contributed by atoms with Crippen LogP contribution < -0.4 is 15.8 Å². The van der Waals surface area contributed by atoms with Crippen LogP contribution in [-0.2, 0) is 16.1 Å². The van der Waals surface area contributed by atoms with E-state index >= 15 is 0 Å². The summed E-state index contributed by atoms with van der Waals surface area (Å²) in [5.41, 5.74) is 6.47. The summed E-state index contributed by atoms with van der Waals surface area (Å²) in [5.74, 6) is 1.19. The molecule has 3 N–H and O–H groups in total. The Labute approximate surface area is 126 Å². The number of methoxy groups -OCH3 is 1. The Kier molecular flexibility index (Phi) is 7.79. The average Bonchev–Trinajstić information content (AvgIpc) is 2.49. The highest BCUT2D eigenvalue weighted by molar-refractivity contribution is 5.76. The van der Waals surface area contributed by atoms with Gasteiger partial charge in [-0.05, 0) is 12.0 Å². The lowest BCUT2D eigenvalue weighted by Gasteiger charge is -2.15. The van der Waals surface area contributed by atoms with Gasteiger partial charge in [-0.25, -0.2) is 0 Å². The largest absolute Gasteiger partial charge is 0.493 e. The lowest BCUT2D eigenvalue weighted by Crippen LogP contribution is -2.32. The quantitative estimate of drug-likeness (QED) is 0.727. The van der Waals surface area contributed by atoms with Gasteiger partial charge in [0.1, 0.15) is 5.75 Å². The summed E-state index contributed by atoms with van der Waals surface area (Å²) < 4.78 is 10.9. The van der Waals surface area contributed by atoms with Crippen LogP contribution in [0.1, 0.15) is 25.8 Å². The van der Waals surface area contributed by atoms with Crippen LogP contribution in [0.4, 0.5) is 0 Å². The van der Waals surface area contributed by atoms with Crippen molar-refractivity contribution in [1.82, 2.24) is 5.32 Å².